The molecule has 1 unspecified atom stereocenters. The van der Waals surface area contributed by atoms with E-state index in [-0.39, 0.29) is 18.1 Å². The highest BCUT2D eigenvalue weighted by molar-refractivity contribution is 5.83. The van der Waals surface area contributed by atoms with Crippen LogP contribution in [0.15, 0.2) is 77.9 Å². The first-order chi connectivity index (χ1) is 16.0. The predicted octanol–water partition coefficient (Wildman–Crippen LogP) is 5.00. The summed E-state index contributed by atoms with van der Waals surface area (Å²) in [5, 5.41) is 3.35. The molecule has 2 heterocycles. The van der Waals surface area contributed by atoms with Crippen molar-refractivity contribution in [2.75, 3.05) is 0 Å². The van der Waals surface area contributed by atoms with Gasteiger partial charge in [0.15, 0.2) is 0 Å². The van der Waals surface area contributed by atoms with Gasteiger partial charge in [-0.1, -0.05) is 50.2 Å². The van der Waals surface area contributed by atoms with Gasteiger partial charge in [-0.05, 0) is 53.3 Å². The molecule has 0 aliphatic carbocycles. The fourth-order valence-corrected chi connectivity index (χ4v) is 3.66. The molecule has 0 saturated carbocycles. The third-order valence-corrected chi connectivity index (χ3v) is 5.28. The normalized spacial score (nSPS) is 12.0. The number of H-pyrrole nitrogens is 1. The molecule has 0 fully saturated rings. The van der Waals surface area contributed by atoms with Crippen LogP contribution >= 0.6 is 0 Å². The molecule has 0 aliphatic heterocycles. The van der Waals surface area contributed by atoms with E-state index < -0.39 is 12.1 Å². The zero-order chi connectivity index (χ0) is 23.2. The molecule has 2 aromatic carbocycles. The van der Waals surface area contributed by atoms with Gasteiger partial charge in [-0.25, -0.2) is 9.78 Å². The van der Waals surface area contributed by atoms with E-state index >= 15 is 0 Å². The van der Waals surface area contributed by atoms with Crippen molar-refractivity contribution in [2.24, 2.45) is 5.92 Å². The Morgan fingerprint density at radius 2 is 1.79 bits per heavy atom. The zero-order valence-corrected chi connectivity index (χ0v) is 18.6. The molecule has 7 heteroatoms. The highest BCUT2D eigenvalue weighted by atomic mass is 16.5. The van der Waals surface area contributed by atoms with E-state index in [1.54, 1.807) is 12.4 Å². The maximum absolute atomic E-state index is 12.9. The van der Waals surface area contributed by atoms with Crippen LogP contribution in [0.4, 0.5) is 4.79 Å². The second kappa shape index (κ2) is 10.1. The molecule has 0 radical (unpaired) electrons. The molecular weight excluding hydrogens is 416 g/mol. The van der Waals surface area contributed by atoms with Crippen molar-refractivity contribution in [1.29, 1.82) is 0 Å². The molecule has 33 heavy (non-hydrogen) atoms. The predicted molar refractivity (Wildman–Crippen MR) is 128 cm³/mol. The maximum Gasteiger partial charge on any atom is 0.408 e. The summed E-state index contributed by atoms with van der Waals surface area (Å²) in [7, 11) is 0. The van der Waals surface area contributed by atoms with E-state index in [1.807, 2.05) is 74.5 Å². The Bertz CT molecular complexity index is 1290. The molecule has 7 nitrogen and oxygen atoms in total. The van der Waals surface area contributed by atoms with Crippen molar-refractivity contribution >= 4 is 17.0 Å². The van der Waals surface area contributed by atoms with Gasteiger partial charge in [-0.3, -0.25) is 9.78 Å². The van der Waals surface area contributed by atoms with E-state index in [2.05, 4.69) is 20.3 Å². The summed E-state index contributed by atoms with van der Waals surface area (Å²) < 4.78 is 5.37. The third kappa shape index (κ3) is 5.63. The van der Waals surface area contributed by atoms with Crippen LogP contribution in [0.25, 0.3) is 22.0 Å². The van der Waals surface area contributed by atoms with Crippen molar-refractivity contribution in [3.05, 3.63) is 94.8 Å². The Hall–Kier alpha value is -4.00. The van der Waals surface area contributed by atoms with Crippen LogP contribution in [0.2, 0.25) is 0 Å². The number of ether oxygens (including phenoxy) is 1. The van der Waals surface area contributed by atoms with E-state index in [0.29, 0.717) is 23.1 Å². The van der Waals surface area contributed by atoms with Crippen LogP contribution in [0.1, 0.15) is 37.7 Å². The van der Waals surface area contributed by atoms with Gasteiger partial charge < -0.3 is 15.0 Å². The molecule has 1 amide bonds. The fourth-order valence-electron chi connectivity index (χ4n) is 3.66. The number of aromatic nitrogens is 3. The lowest BCUT2D eigenvalue weighted by Crippen LogP contribution is -2.32. The number of pyridine rings is 1. The minimum absolute atomic E-state index is 0.167. The van der Waals surface area contributed by atoms with Gasteiger partial charge in [0.1, 0.15) is 12.4 Å². The Morgan fingerprint density at radius 1 is 1.03 bits per heavy atom. The summed E-state index contributed by atoms with van der Waals surface area (Å²) in [6.07, 6.45) is 3.47. The topological polar surface area (TPSA) is 97.0 Å². The molecule has 0 bridgehead atoms. The van der Waals surface area contributed by atoms with Crippen LogP contribution in [-0.4, -0.2) is 21.0 Å². The van der Waals surface area contributed by atoms with Crippen LogP contribution in [0.5, 0.6) is 0 Å². The van der Waals surface area contributed by atoms with E-state index in [0.717, 1.165) is 16.7 Å². The number of amides is 1. The lowest BCUT2D eigenvalue weighted by molar-refractivity contribution is 0.133. The average molecular weight is 443 g/mol. The van der Waals surface area contributed by atoms with Crippen LogP contribution in [-0.2, 0) is 11.3 Å². The SMILES string of the molecule is CC(C)CC(NC(=O)OCc1ccccc1)c1nc2ccc(-c3ccncc3)cc2c(=O)[nH]1. The van der Waals surface area contributed by atoms with Crippen molar-refractivity contribution < 1.29 is 9.53 Å². The van der Waals surface area contributed by atoms with Crippen molar-refractivity contribution in [3.8, 4) is 11.1 Å². The Balaban J connectivity index is 1.57. The van der Waals surface area contributed by atoms with E-state index in [4.69, 9.17) is 4.74 Å². The minimum atomic E-state index is -0.555. The first-order valence-corrected chi connectivity index (χ1v) is 10.9. The van der Waals surface area contributed by atoms with Gasteiger partial charge in [0.25, 0.3) is 5.56 Å². The van der Waals surface area contributed by atoms with Crippen molar-refractivity contribution in [3.63, 3.8) is 0 Å². The van der Waals surface area contributed by atoms with Gasteiger partial charge in [-0.2, -0.15) is 0 Å². The number of alkyl carbamates (subject to hydrolysis) is 1. The second-order valence-electron chi connectivity index (χ2n) is 8.31. The molecule has 0 saturated heterocycles. The van der Waals surface area contributed by atoms with Crippen molar-refractivity contribution in [1.82, 2.24) is 20.3 Å². The molecule has 2 N–H and O–H groups in total. The maximum atomic E-state index is 12.9. The van der Waals surface area contributed by atoms with Crippen molar-refractivity contribution in [2.45, 2.75) is 32.9 Å². The summed E-state index contributed by atoms with van der Waals surface area (Å²) in [5.41, 5.74) is 3.09. The lowest BCUT2D eigenvalue weighted by Gasteiger charge is -2.20. The van der Waals surface area contributed by atoms with Gasteiger partial charge in [0.2, 0.25) is 0 Å². The minimum Gasteiger partial charge on any atom is -0.445 e. The van der Waals surface area contributed by atoms with Crippen LogP contribution in [0.3, 0.4) is 0 Å². The molecule has 168 valence electrons. The first kappa shape index (κ1) is 22.2. The number of hydrogen-bond acceptors (Lipinski definition) is 5. The summed E-state index contributed by atoms with van der Waals surface area (Å²) in [6.45, 7) is 4.26. The molecule has 4 rings (SSSR count). The zero-order valence-electron chi connectivity index (χ0n) is 18.6. The fraction of sp³-hybridized carbons (Fsp3) is 0.231. The standard InChI is InChI=1S/C26H26N4O3/c1-17(2)14-23(29-26(32)33-16-18-6-4-3-5-7-18)24-28-22-9-8-20(15-21(22)25(31)30-24)19-10-12-27-13-11-19/h3-13,15,17,23H,14,16H2,1-2H3,(H,29,32)(H,28,30,31). The monoisotopic (exact) mass is 442 g/mol. The second-order valence-corrected chi connectivity index (χ2v) is 8.31. The number of hydrogen-bond donors (Lipinski definition) is 2. The summed E-state index contributed by atoms with van der Waals surface area (Å²) in [5.74, 6) is 0.675. The smallest absolute Gasteiger partial charge is 0.408 e. The number of nitrogens with one attached hydrogen (secondary N) is 2. The number of rotatable bonds is 7. The molecule has 0 spiro atoms. The van der Waals surface area contributed by atoms with Gasteiger partial charge in [0.05, 0.1) is 16.9 Å². The van der Waals surface area contributed by atoms with Gasteiger partial charge in [0, 0.05) is 12.4 Å². The summed E-state index contributed by atoms with van der Waals surface area (Å²) >= 11 is 0. The number of carbonyl (C=O) groups is 1. The third-order valence-electron chi connectivity index (χ3n) is 5.28. The van der Waals surface area contributed by atoms with E-state index in [9.17, 15) is 9.59 Å². The largest absolute Gasteiger partial charge is 0.445 e. The Labute approximate surface area is 191 Å². The van der Waals surface area contributed by atoms with Gasteiger partial charge in [-0.15, -0.1) is 0 Å². The lowest BCUT2D eigenvalue weighted by atomic mass is 10.0. The summed E-state index contributed by atoms with van der Waals surface area (Å²) in [6, 6.07) is 18.3. The molecule has 1 atom stereocenters. The van der Waals surface area contributed by atoms with Gasteiger partial charge >= 0.3 is 6.09 Å². The number of benzene rings is 2. The number of fused-ring (bicyclic) bond motifs is 1. The Kier molecular flexibility index (Phi) is 6.78. The molecule has 0 aliphatic rings. The quantitative estimate of drug-likeness (QED) is 0.420. The molecule has 4 aromatic rings. The Morgan fingerprint density at radius 3 is 2.52 bits per heavy atom. The highest BCUT2D eigenvalue weighted by Gasteiger charge is 2.20. The molecule has 2 aromatic heterocycles. The average Bonchev–Trinajstić information content (AvgIpc) is 2.83. The number of aromatic amines is 1. The van der Waals surface area contributed by atoms with Crippen LogP contribution in [0, 0.1) is 5.92 Å². The number of nitrogens with zero attached hydrogens (tertiary/aromatic N) is 2. The highest BCUT2D eigenvalue weighted by Crippen LogP contribution is 2.23. The van der Waals surface area contributed by atoms with Crippen LogP contribution < -0.4 is 10.9 Å². The molecular formula is C26H26N4O3. The first-order valence-electron chi connectivity index (χ1n) is 10.9. The number of carbonyl (C=O) groups excluding carboxylic acids is 1. The van der Waals surface area contributed by atoms with E-state index in [1.165, 1.54) is 0 Å². The summed E-state index contributed by atoms with van der Waals surface area (Å²) in [4.78, 5) is 36.9.